The normalized spacial score (nSPS) is 11.7. The van der Waals surface area contributed by atoms with Crippen molar-refractivity contribution in [3.63, 3.8) is 0 Å². The fourth-order valence-corrected chi connectivity index (χ4v) is 3.42. The average molecular weight is 380 g/mol. The van der Waals surface area contributed by atoms with Crippen LogP contribution in [-0.2, 0) is 16.4 Å². The van der Waals surface area contributed by atoms with Gasteiger partial charge < -0.3 is 14.0 Å². The van der Waals surface area contributed by atoms with Gasteiger partial charge in [-0.1, -0.05) is 5.16 Å². The first-order chi connectivity index (χ1) is 9.79. The summed E-state index contributed by atoms with van der Waals surface area (Å²) in [4.78, 5) is 14.4. The molecular weight excluding hydrogens is 370 g/mol. The SMILES string of the molecule is Cc1noc(CCNS(=O)(=O)c2cc(C(=O)O)oc2Br)n1. The fraction of sp³-hybridized carbons (Fsp3) is 0.300. The molecule has 0 aliphatic rings. The monoisotopic (exact) mass is 379 g/mol. The average Bonchev–Trinajstić information content (AvgIpc) is 2.96. The van der Waals surface area contributed by atoms with Crippen LogP contribution in [-0.4, -0.2) is 36.2 Å². The van der Waals surface area contributed by atoms with Gasteiger partial charge in [-0.15, -0.1) is 0 Å². The molecule has 2 heterocycles. The van der Waals surface area contributed by atoms with E-state index in [0.717, 1.165) is 6.07 Å². The molecule has 0 amide bonds. The molecule has 11 heteroatoms. The molecule has 2 rings (SSSR count). The molecular formula is C10H10BrN3O6S. The van der Waals surface area contributed by atoms with Crippen LogP contribution in [0.2, 0.25) is 0 Å². The van der Waals surface area contributed by atoms with E-state index in [4.69, 9.17) is 14.0 Å². The number of hydrogen-bond donors (Lipinski definition) is 2. The fourth-order valence-electron chi connectivity index (χ4n) is 1.45. The predicted octanol–water partition coefficient (Wildman–Crippen LogP) is 0.953. The van der Waals surface area contributed by atoms with Gasteiger partial charge in [-0.2, -0.15) is 4.98 Å². The number of carbonyl (C=O) groups is 1. The lowest BCUT2D eigenvalue weighted by molar-refractivity contribution is 0.0661. The molecule has 0 spiro atoms. The van der Waals surface area contributed by atoms with Crippen molar-refractivity contribution in [3.05, 3.63) is 28.2 Å². The predicted molar refractivity (Wildman–Crippen MR) is 71.3 cm³/mol. The maximum absolute atomic E-state index is 12.0. The number of nitrogens with one attached hydrogen (secondary N) is 1. The van der Waals surface area contributed by atoms with Crippen molar-refractivity contribution in [3.8, 4) is 0 Å². The minimum atomic E-state index is -3.91. The minimum absolute atomic E-state index is 0.0178. The van der Waals surface area contributed by atoms with Gasteiger partial charge in [0, 0.05) is 19.0 Å². The number of carboxylic acid groups (broad SMARTS) is 1. The van der Waals surface area contributed by atoms with Crippen LogP contribution >= 0.6 is 15.9 Å². The van der Waals surface area contributed by atoms with Crippen molar-refractivity contribution in [1.29, 1.82) is 0 Å². The molecule has 9 nitrogen and oxygen atoms in total. The zero-order valence-corrected chi connectivity index (χ0v) is 13.1. The third kappa shape index (κ3) is 3.68. The number of hydrogen-bond acceptors (Lipinski definition) is 7. The summed E-state index contributed by atoms with van der Waals surface area (Å²) in [6.45, 7) is 1.66. The minimum Gasteiger partial charge on any atom is -0.475 e. The zero-order chi connectivity index (χ0) is 15.6. The number of halogens is 1. The van der Waals surface area contributed by atoms with Crippen LogP contribution in [0.15, 0.2) is 24.6 Å². The van der Waals surface area contributed by atoms with E-state index in [1.807, 2.05) is 0 Å². The third-order valence-electron chi connectivity index (χ3n) is 2.36. The Morgan fingerprint density at radius 3 is 2.76 bits per heavy atom. The summed E-state index contributed by atoms with van der Waals surface area (Å²) < 4.78 is 35.8. The molecule has 0 bridgehead atoms. The van der Waals surface area contributed by atoms with Gasteiger partial charge in [0.2, 0.25) is 21.7 Å². The number of aryl methyl sites for hydroxylation is 1. The summed E-state index contributed by atoms with van der Waals surface area (Å²) in [7, 11) is -3.91. The van der Waals surface area contributed by atoms with Crippen LogP contribution < -0.4 is 4.72 Å². The summed E-state index contributed by atoms with van der Waals surface area (Å²) in [5, 5.41) is 12.3. The van der Waals surface area contributed by atoms with Crippen molar-refractivity contribution in [1.82, 2.24) is 14.9 Å². The van der Waals surface area contributed by atoms with E-state index in [9.17, 15) is 13.2 Å². The summed E-state index contributed by atoms with van der Waals surface area (Å²) in [6.07, 6.45) is 0.210. The smallest absolute Gasteiger partial charge is 0.371 e. The third-order valence-corrected chi connectivity index (χ3v) is 4.67. The van der Waals surface area contributed by atoms with Crippen LogP contribution in [0.3, 0.4) is 0 Å². The van der Waals surface area contributed by atoms with E-state index >= 15 is 0 Å². The number of carboxylic acids is 1. The van der Waals surface area contributed by atoms with Crippen molar-refractivity contribution < 1.29 is 27.3 Å². The van der Waals surface area contributed by atoms with E-state index < -0.39 is 21.8 Å². The van der Waals surface area contributed by atoms with Crippen molar-refractivity contribution in [2.45, 2.75) is 18.2 Å². The summed E-state index contributed by atoms with van der Waals surface area (Å²) in [5.74, 6) is -1.09. The largest absolute Gasteiger partial charge is 0.475 e. The molecule has 2 aromatic rings. The molecule has 0 saturated heterocycles. The first-order valence-corrected chi connectivity index (χ1v) is 7.88. The van der Waals surface area contributed by atoms with E-state index in [1.165, 1.54) is 0 Å². The van der Waals surface area contributed by atoms with Gasteiger partial charge in [-0.25, -0.2) is 17.9 Å². The van der Waals surface area contributed by atoms with Crippen LogP contribution in [0.5, 0.6) is 0 Å². The van der Waals surface area contributed by atoms with Gasteiger partial charge in [-0.05, 0) is 22.9 Å². The lowest BCUT2D eigenvalue weighted by Crippen LogP contribution is -2.26. The highest BCUT2D eigenvalue weighted by atomic mass is 79.9. The van der Waals surface area contributed by atoms with Crippen LogP contribution in [0.4, 0.5) is 0 Å². The van der Waals surface area contributed by atoms with Gasteiger partial charge in [-0.3, -0.25) is 0 Å². The van der Waals surface area contributed by atoms with Crippen LogP contribution in [0.1, 0.15) is 22.3 Å². The molecule has 0 aromatic carbocycles. The zero-order valence-electron chi connectivity index (χ0n) is 10.7. The van der Waals surface area contributed by atoms with E-state index in [0.29, 0.717) is 11.7 Å². The molecule has 0 aliphatic heterocycles. The Hall–Kier alpha value is -1.72. The lowest BCUT2D eigenvalue weighted by Gasteiger charge is -2.02. The Bertz CT molecular complexity index is 766. The maximum Gasteiger partial charge on any atom is 0.371 e. The first kappa shape index (κ1) is 15.7. The molecule has 0 fully saturated rings. The van der Waals surface area contributed by atoms with Crippen molar-refractivity contribution >= 4 is 31.9 Å². The molecule has 0 unspecified atom stereocenters. The summed E-state index contributed by atoms with van der Waals surface area (Å²) in [6, 6.07) is 0.922. The molecule has 0 atom stereocenters. The van der Waals surface area contributed by atoms with Crippen molar-refractivity contribution in [2.24, 2.45) is 0 Å². The number of furan rings is 1. The molecule has 21 heavy (non-hydrogen) atoms. The van der Waals surface area contributed by atoms with Gasteiger partial charge in [0.1, 0.15) is 4.90 Å². The molecule has 2 aromatic heterocycles. The lowest BCUT2D eigenvalue weighted by atomic mass is 10.4. The van der Waals surface area contributed by atoms with E-state index in [1.54, 1.807) is 6.92 Å². The molecule has 114 valence electrons. The second-order valence-corrected chi connectivity index (χ2v) is 6.39. The van der Waals surface area contributed by atoms with Gasteiger partial charge in [0.15, 0.2) is 10.5 Å². The second kappa shape index (κ2) is 5.95. The number of aromatic carboxylic acids is 1. The maximum atomic E-state index is 12.0. The molecule has 0 aliphatic carbocycles. The highest BCUT2D eigenvalue weighted by molar-refractivity contribution is 9.10. The van der Waals surface area contributed by atoms with Gasteiger partial charge in [0.05, 0.1) is 0 Å². The van der Waals surface area contributed by atoms with E-state index in [2.05, 4.69) is 30.8 Å². The van der Waals surface area contributed by atoms with Crippen LogP contribution in [0.25, 0.3) is 0 Å². The Balaban J connectivity index is 2.06. The molecule has 0 saturated carbocycles. The van der Waals surface area contributed by atoms with Crippen LogP contribution in [0, 0.1) is 6.92 Å². The van der Waals surface area contributed by atoms with Gasteiger partial charge >= 0.3 is 5.97 Å². The molecule has 0 radical (unpaired) electrons. The number of sulfonamides is 1. The highest BCUT2D eigenvalue weighted by Crippen LogP contribution is 2.25. The second-order valence-electron chi connectivity index (χ2n) is 3.94. The molecule has 2 N–H and O–H groups in total. The topological polar surface area (TPSA) is 136 Å². The number of nitrogens with zero attached hydrogens (tertiary/aromatic N) is 2. The van der Waals surface area contributed by atoms with Crippen molar-refractivity contribution in [2.75, 3.05) is 6.54 Å². The van der Waals surface area contributed by atoms with Gasteiger partial charge in [0.25, 0.3) is 0 Å². The summed E-state index contributed by atoms with van der Waals surface area (Å²) in [5.41, 5.74) is 0. The Morgan fingerprint density at radius 2 is 2.24 bits per heavy atom. The first-order valence-electron chi connectivity index (χ1n) is 5.61. The van der Waals surface area contributed by atoms with E-state index in [-0.39, 0.29) is 22.5 Å². The summed E-state index contributed by atoms with van der Waals surface area (Å²) >= 11 is 2.87. The Morgan fingerprint density at radius 1 is 1.52 bits per heavy atom. The number of rotatable bonds is 6. The Labute approximate surface area is 127 Å². The highest BCUT2D eigenvalue weighted by Gasteiger charge is 2.24. The standard InChI is InChI=1S/C10H10BrN3O6S/c1-5-13-8(20-14-5)2-3-12-21(17,18)7-4-6(10(15)16)19-9(7)11/h4,12H,2-3H2,1H3,(H,15,16). The Kier molecular flexibility index (Phi) is 4.44. The number of aromatic nitrogens is 2. The quantitative estimate of drug-likeness (QED) is 0.756.